The van der Waals surface area contributed by atoms with E-state index in [0.717, 1.165) is 4.90 Å². The monoisotopic (exact) mass is 387 g/mol. The summed E-state index contributed by atoms with van der Waals surface area (Å²) in [7, 11) is 0. The van der Waals surface area contributed by atoms with Crippen LogP contribution in [0.25, 0.3) is 0 Å². The second-order valence-corrected chi connectivity index (χ2v) is 7.37. The van der Waals surface area contributed by atoms with E-state index in [1.165, 1.54) is 23.9 Å². The Balaban J connectivity index is 1.63. The summed E-state index contributed by atoms with van der Waals surface area (Å²) in [4.78, 5) is 35.1. The zero-order chi connectivity index (χ0) is 19.6. The lowest BCUT2D eigenvalue weighted by Crippen LogP contribution is -2.34. The van der Waals surface area contributed by atoms with Gasteiger partial charge in [0.2, 0.25) is 5.91 Å². The van der Waals surface area contributed by atoms with Crippen molar-refractivity contribution in [2.75, 3.05) is 10.6 Å². The summed E-state index contributed by atoms with van der Waals surface area (Å²) >= 11 is 1.29. The van der Waals surface area contributed by atoms with Crippen LogP contribution in [0.1, 0.15) is 13.8 Å². The Morgan fingerprint density at radius 1 is 1.30 bits per heavy atom. The average Bonchev–Trinajstić information content (AvgIpc) is 2.63. The number of non-ortho nitro benzene ring substituents is 1. The van der Waals surface area contributed by atoms with Gasteiger partial charge in [0.1, 0.15) is 5.75 Å². The van der Waals surface area contributed by atoms with Crippen molar-refractivity contribution in [3.8, 4) is 5.75 Å². The van der Waals surface area contributed by atoms with Gasteiger partial charge in [0.25, 0.3) is 11.6 Å². The third kappa shape index (κ3) is 4.37. The molecule has 27 heavy (non-hydrogen) atoms. The van der Waals surface area contributed by atoms with Gasteiger partial charge in [0, 0.05) is 22.7 Å². The Morgan fingerprint density at radius 3 is 2.67 bits per heavy atom. The van der Waals surface area contributed by atoms with Crippen molar-refractivity contribution in [1.82, 2.24) is 0 Å². The lowest BCUT2D eigenvalue weighted by molar-refractivity contribution is -0.384. The van der Waals surface area contributed by atoms with Crippen LogP contribution in [0.15, 0.2) is 47.4 Å². The van der Waals surface area contributed by atoms with Gasteiger partial charge < -0.3 is 15.4 Å². The summed E-state index contributed by atoms with van der Waals surface area (Å²) in [5.41, 5.74) is 1.05. The minimum absolute atomic E-state index is 0.00379. The molecule has 0 radical (unpaired) electrons. The van der Waals surface area contributed by atoms with Gasteiger partial charge in [-0.3, -0.25) is 19.7 Å². The van der Waals surface area contributed by atoms with Gasteiger partial charge in [0.05, 0.1) is 15.9 Å². The number of nitrogens with zero attached hydrogens (tertiary/aromatic N) is 1. The van der Waals surface area contributed by atoms with Crippen LogP contribution in [0.3, 0.4) is 0 Å². The second kappa shape index (κ2) is 7.67. The molecule has 0 aliphatic carbocycles. The van der Waals surface area contributed by atoms with Crippen LogP contribution in [0.5, 0.6) is 5.75 Å². The molecule has 0 spiro atoms. The van der Waals surface area contributed by atoms with Crippen LogP contribution in [0.2, 0.25) is 0 Å². The number of nitro groups is 1. The third-order valence-electron chi connectivity index (χ3n) is 3.91. The highest BCUT2D eigenvalue weighted by atomic mass is 32.2. The van der Waals surface area contributed by atoms with Crippen LogP contribution in [-0.2, 0) is 9.59 Å². The van der Waals surface area contributed by atoms with Crippen molar-refractivity contribution in [2.24, 2.45) is 0 Å². The highest BCUT2D eigenvalue weighted by Gasteiger charge is 2.24. The molecule has 0 aromatic heterocycles. The fourth-order valence-electron chi connectivity index (χ4n) is 2.43. The van der Waals surface area contributed by atoms with Crippen molar-refractivity contribution in [3.63, 3.8) is 0 Å². The smallest absolute Gasteiger partial charge is 0.269 e. The number of thioether (sulfide) groups is 1. The Kier molecular flexibility index (Phi) is 5.31. The number of ether oxygens (including phenoxy) is 1. The minimum Gasteiger partial charge on any atom is -0.479 e. The average molecular weight is 387 g/mol. The topological polar surface area (TPSA) is 111 Å². The maximum Gasteiger partial charge on any atom is 0.269 e. The van der Waals surface area contributed by atoms with Crippen LogP contribution in [0, 0.1) is 10.1 Å². The first-order valence-electron chi connectivity index (χ1n) is 8.17. The molecule has 0 saturated heterocycles. The number of benzene rings is 2. The van der Waals surface area contributed by atoms with Crippen LogP contribution in [0.4, 0.5) is 17.1 Å². The summed E-state index contributed by atoms with van der Waals surface area (Å²) < 4.78 is 5.48. The van der Waals surface area contributed by atoms with E-state index in [0.29, 0.717) is 17.1 Å². The molecule has 8 nitrogen and oxygen atoms in total. The summed E-state index contributed by atoms with van der Waals surface area (Å²) in [6, 6.07) is 11.1. The van der Waals surface area contributed by atoms with Crippen LogP contribution in [-0.4, -0.2) is 28.1 Å². The Labute approximate surface area is 159 Å². The lowest BCUT2D eigenvalue weighted by atomic mass is 10.2. The Hall–Kier alpha value is -3.07. The first-order valence-corrected chi connectivity index (χ1v) is 9.05. The number of carbonyl (C=O) groups is 2. The van der Waals surface area contributed by atoms with Gasteiger partial charge >= 0.3 is 0 Å². The molecule has 0 bridgehead atoms. The van der Waals surface area contributed by atoms with E-state index >= 15 is 0 Å². The molecular weight excluding hydrogens is 370 g/mol. The molecule has 1 heterocycles. The highest BCUT2D eigenvalue weighted by Crippen LogP contribution is 2.32. The van der Waals surface area contributed by atoms with E-state index < -0.39 is 16.3 Å². The predicted octanol–water partition coefficient (Wildman–Crippen LogP) is 3.43. The van der Waals surface area contributed by atoms with E-state index in [2.05, 4.69) is 10.6 Å². The summed E-state index contributed by atoms with van der Waals surface area (Å²) in [6.07, 6.45) is -0.559. The molecule has 0 fully saturated rings. The highest BCUT2D eigenvalue weighted by molar-refractivity contribution is 8.00. The van der Waals surface area contributed by atoms with Gasteiger partial charge in [-0.05, 0) is 44.2 Å². The number of rotatable bonds is 5. The quantitative estimate of drug-likeness (QED) is 0.462. The normalized spacial score (nSPS) is 16.5. The molecule has 2 aromatic carbocycles. The molecule has 9 heteroatoms. The molecule has 2 N–H and O–H groups in total. The van der Waals surface area contributed by atoms with Crippen molar-refractivity contribution < 1.29 is 19.2 Å². The molecule has 140 valence electrons. The van der Waals surface area contributed by atoms with E-state index in [1.54, 1.807) is 44.2 Å². The molecular formula is C18H17N3O5S. The summed E-state index contributed by atoms with van der Waals surface area (Å²) in [6.45, 7) is 3.40. The number of hydrogen-bond acceptors (Lipinski definition) is 6. The zero-order valence-corrected chi connectivity index (χ0v) is 15.4. The van der Waals surface area contributed by atoms with Gasteiger partial charge in [0.15, 0.2) is 6.10 Å². The second-order valence-electron chi connectivity index (χ2n) is 5.96. The van der Waals surface area contributed by atoms with Crippen molar-refractivity contribution in [3.05, 3.63) is 52.6 Å². The zero-order valence-electron chi connectivity index (χ0n) is 14.6. The number of carbonyl (C=O) groups excluding carboxylic acids is 2. The van der Waals surface area contributed by atoms with Crippen molar-refractivity contribution in [2.45, 2.75) is 30.1 Å². The van der Waals surface area contributed by atoms with E-state index in [-0.39, 0.29) is 17.5 Å². The fraction of sp³-hybridized carbons (Fsp3) is 0.222. The van der Waals surface area contributed by atoms with Crippen LogP contribution < -0.4 is 15.4 Å². The number of amides is 2. The van der Waals surface area contributed by atoms with E-state index in [1.807, 2.05) is 0 Å². The first kappa shape index (κ1) is 18.7. The number of hydrogen-bond donors (Lipinski definition) is 2. The Morgan fingerprint density at radius 2 is 2.00 bits per heavy atom. The maximum absolute atomic E-state index is 12.4. The Bertz CT molecular complexity index is 900. The van der Waals surface area contributed by atoms with Gasteiger partial charge in [-0.2, -0.15) is 0 Å². The number of nitrogens with one attached hydrogen (secondary N) is 2. The molecule has 1 aliphatic rings. The predicted molar refractivity (Wildman–Crippen MR) is 102 cm³/mol. The van der Waals surface area contributed by atoms with Gasteiger partial charge in [-0.1, -0.05) is 0 Å². The van der Waals surface area contributed by atoms with Gasteiger partial charge in [-0.15, -0.1) is 11.8 Å². The molecule has 2 aromatic rings. The number of anilines is 2. The standard InChI is InChI=1S/C18H17N3O5S/c1-10-17(22)20-15-9-12(3-8-16(15)26-10)19-18(23)11(2)27-14-6-4-13(5-7-14)21(24)25/h3-11H,1-2H3,(H,19,23)(H,20,22)/t10-,11+/m0/s1. The molecule has 1 aliphatic heterocycles. The van der Waals surface area contributed by atoms with Crippen LogP contribution >= 0.6 is 11.8 Å². The van der Waals surface area contributed by atoms with Crippen molar-refractivity contribution >= 4 is 40.6 Å². The first-order chi connectivity index (χ1) is 12.8. The summed E-state index contributed by atoms with van der Waals surface area (Å²) in [5.74, 6) is 0.0798. The lowest BCUT2D eigenvalue weighted by Gasteiger charge is -2.23. The fourth-order valence-corrected chi connectivity index (χ4v) is 3.30. The van der Waals surface area contributed by atoms with E-state index in [9.17, 15) is 19.7 Å². The number of nitro benzene ring substituents is 1. The van der Waals surface area contributed by atoms with Crippen molar-refractivity contribution in [1.29, 1.82) is 0 Å². The largest absolute Gasteiger partial charge is 0.479 e. The molecule has 2 atom stereocenters. The third-order valence-corrected chi connectivity index (χ3v) is 5.02. The molecule has 0 unspecified atom stereocenters. The molecule has 2 amide bonds. The van der Waals surface area contributed by atoms with E-state index in [4.69, 9.17) is 4.74 Å². The number of fused-ring (bicyclic) bond motifs is 1. The SMILES string of the molecule is C[C@@H]1Oc2ccc(NC(=O)[C@@H](C)Sc3ccc([N+](=O)[O-])cc3)cc2NC1=O. The molecule has 0 saturated carbocycles. The summed E-state index contributed by atoms with van der Waals surface area (Å²) in [5, 5.41) is 15.8. The maximum atomic E-state index is 12.4. The molecule has 3 rings (SSSR count). The minimum atomic E-state index is -0.559. The van der Waals surface area contributed by atoms with Gasteiger partial charge in [-0.25, -0.2) is 0 Å².